The molecule has 28 heavy (non-hydrogen) atoms. The highest BCUT2D eigenvalue weighted by Gasteiger charge is 2.36. The summed E-state index contributed by atoms with van der Waals surface area (Å²) >= 11 is 0.760. The maximum atomic E-state index is 12.4. The summed E-state index contributed by atoms with van der Waals surface area (Å²) in [5.74, 6) is -2.31. The molecule has 144 valence electrons. The van der Waals surface area contributed by atoms with Crippen LogP contribution in [0.4, 0.5) is 4.79 Å². The van der Waals surface area contributed by atoms with Gasteiger partial charge in [0, 0.05) is 17.1 Å². The fourth-order valence-electron chi connectivity index (χ4n) is 3.02. The Kier molecular flexibility index (Phi) is 5.10. The number of carboxylic acids is 1. The summed E-state index contributed by atoms with van der Waals surface area (Å²) in [5.41, 5.74) is 8.49. The van der Waals surface area contributed by atoms with Crippen molar-refractivity contribution in [2.75, 3.05) is 6.54 Å². The molecule has 2 aromatic rings. The molecular formula is C19H17N3O5S. The van der Waals surface area contributed by atoms with Crippen LogP contribution in [0, 0.1) is 13.8 Å². The van der Waals surface area contributed by atoms with Crippen LogP contribution < -0.4 is 5.73 Å². The number of thioether (sulfide) groups is 1. The van der Waals surface area contributed by atoms with Crippen LogP contribution in [0.3, 0.4) is 0 Å². The molecule has 1 aromatic heterocycles. The summed E-state index contributed by atoms with van der Waals surface area (Å²) in [5, 5.41) is 8.50. The number of amides is 3. The number of carbonyl (C=O) groups excluding carboxylic acids is 3. The lowest BCUT2D eigenvalue weighted by Gasteiger charge is -2.10. The first-order valence-corrected chi connectivity index (χ1v) is 9.07. The van der Waals surface area contributed by atoms with E-state index in [0.717, 1.165) is 39.3 Å². The van der Waals surface area contributed by atoms with E-state index < -0.39 is 29.6 Å². The predicted octanol–water partition coefficient (Wildman–Crippen LogP) is 2.31. The van der Waals surface area contributed by atoms with Crippen LogP contribution in [-0.4, -0.2) is 44.1 Å². The summed E-state index contributed by atoms with van der Waals surface area (Å²) < 4.78 is 1.92. The van der Waals surface area contributed by atoms with E-state index in [2.05, 4.69) is 0 Å². The minimum Gasteiger partial charge on any atom is -0.478 e. The molecule has 8 nitrogen and oxygen atoms in total. The van der Waals surface area contributed by atoms with E-state index in [9.17, 15) is 19.2 Å². The lowest BCUT2D eigenvalue weighted by atomic mass is 10.2. The summed E-state index contributed by atoms with van der Waals surface area (Å²) in [6.07, 6.45) is 1.61. The summed E-state index contributed by atoms with van der Waals surface area (Å²) in [7, 11) is 0. The molecule has 0 bridgehead atoms. The standard InChI is InChI=1S/C19H17N3O5S/c1-10-7-13(8-15-17(24)21(9-16(20)23)19(27)28-15)11(2)22(10)14-5-3-12(4-6-14)18(25)26/h3-8H,9H2,1-2H3,(H2,20,23)(H,25,26)/b15-8-. The number of aryl methyl sites for hydroxylation is 1. The highest BCUT2D eigenvalue weighted by Crippen LogP contribution is 2.33. The minimum absolute atomic E-state index is 0.189. The fraction of sp³-hybridized carbons (Fsp3) is 0.158. The first kappa shape index (κ1) is 19.4. The summed E-state index contributed by atoms with van der Waals surface area (Å²) in [6, 6.07) is 8.31. The zero-order valence-electron chi connectivity index (χ0n) is 15.1. The van der Waals surface area contributed by atoms with Gasteiger partial charge in [0.25, 0.3) is 11.1 Å². The van der Waals surface area contributed by atoms with Gasteiger partial charge in [-0.05, 0) is 67.6 Å². The third-order valence-corrected chi connectivity index (χ3v) is 5.22. The van der Waals surface area contributed by atoms with Gasteiger partial charge in [-0.3, -0.25) is 19.3 Å². The largest absolute Gasteiger partial charge is 0.478 e. The van der Waals surface area contributed by atoms with Gasteiger partial charge in [0.15, 0.2) is 0 Å². The zero-order chi connectivity index (χ0) is 20.6. The molecule has 0 spiro atoms. The number of carboxylic acid groups (broad SMARTS) is 1. The molecule has 9 heteroatoms. The van der Waals surface area contributed by atoms with Gasteiger partial charge in [0.05, 0.1) is 10.5 Å². The Hall–Kier alpha value is -3.33. The van der Waals surface area contributed by atoms with Gasteiger partial charge in [0.1, 0.15) is 6.54 Å². The molecule has 3 N–H and O–H groups in total. The second-order valence-corrected chi connectivity index (χ2v) is 7.24. The van der Waals surface area contributed by atoms with E-state index in [-0.39, 0.29) is 10.5 Å². The summed E-state index contributed by atoms with van der Waals surface area (Å²) in [6.45, 7) is 3.29. The second-order valence-electron chi connectivity index (χ2n) is 6.25. The molecule has 2 heterocycles. The number of nitrogens with zero attached hydrogens (tertiary/aromatic N) is 2. The average Bonchev–Trinajstić information content (AvgIpc) is 3.05. The Labute approximate surface area is 164 Å². The molecule has 0 atom stereocenters. The van der Waals surface area contributed by atoms with Crippen LogP contribution in [0.25, 0.3) is 11.8 Å². The van der Waals surface area contributed by atoms with E-state index in [1.807, 2.05) is 24.5 Å². The number of imide groups is 1. The lowest BCUT2D eigenvalue weighted by Crippen LogP contribution is -2.36. The Morgan fingerprint density at radius 3 is 2.39 bits per heavy atom. The number of hydrogen-bond donors (Lipinski definition) is 2. The normalized spacial score (nSPS) is 15.5. The molecule has 1 aromatic carbocycles. The zero-order valence-corrected chi connectivity index (χ0v) is 15.9. The summed E-state index contributed by atoms with van der Waals surface area (Å²) in [4.78, 5) is 47.4. The number of hydrogen-bond acceptors (Lipinski definition) is 5. The van der Waals surface area contributed by atoms with Gasteiger partial charge in [-0.15, -0.1) is 0 Å². The van der Waals surface area contributed by atoms with Crippen molar-refractivity contribution in [2.45, 2.75) is 13.8 Å². The molecule has 0 unspecified atom stereocenters. The van der Waals surface area contributed by atoms with Crippen molar-refractivity contribution < 1.29 is 24.3 Å². The molecule has 1 fully saturated rings. The molecule has 1 aliphatic heterocycles. The highest BCUT2D eigenvalue weighted by molar-refractivity contribution is 8.18. The van der Waals surface area contributed by atoms with Crippen molar-refractivity contribution in [3.63, 3.8) is 0 Å². The fourth-order valence-corrected chi connectivity index (χ4v) is 3.85. The van der Waals surface area contributed by atoms with Crippen LogP contribution in [0.5, 0.6) is 0 Å². The number of aromatic nitrogens is 1. The Balaban J connectivity index is 1.95. The monoisotopic (exact) mass is 399 g/mol. The van der Waals surface area contributed by atoms with Crippen LogP contribution in [0.15, 0.2) is 35.2 Å². The van der Waals surface area contributed by atoms with E-state index in [1.165, 1.54) is 12.1 Å². The smallest absolute Gasteiger partial charge is 0.335 e. The van der Waals surface area contributed by atoms with Crippen molar-refractivity contribution in [3.05, 3.63) is 57.8 Å². The van der Waals surface area contributed by atoms with Crippen molar-refractivity contribution in [1.29, 1.82) is 0 Å². The molecule has 0 saturated carbocycles. The molecule has 3 rings (SSSR count). The topological polar surface area (TPSA) is 123 Å². The quantitative estimate of drug-likeness (QED) is 0.744. The Bertz CT molecular complexity index is 1040. The van der Waals surface area contributed by atoms with Gasteiger partial charge in [-0.1, -0.05) is 0 Å². The van der Waals surface area contributed by atoms with E-state index >= 15 is 0 Å². The van der Waals surface area contributed by atoms with E-state index in [0.29, 0.717) is 0 Å². The molecule has 0 radical (unpaired) electrons. The van der Waals surface area contributed by atoms with Crippen molar-refractivity contribution in [1.82, 2.24) is 9.47 Å². The van der Waals surface area contributed by atoms with Gasteiger partial charge in [0.2, 0.25) is 5.91 Å². The van der Waals surface area contributed by atoms with Crippen LogP contribution in [0.2, 0.25) is 0 Å². The lowest BCUT2D eigenvalue weighted by molar-refractivity contribution is -0.127. The maximum absolute atomic E-state index is 12.4. The maximum Gasteiger partial charge on any atom is 0.335 e. The second kappa shape index (κ2) is 7.35. The Morgan fingerprint density at radius 1 is 1.18 bits per heavy atom. The van der Waals surface area contributed by atoms with Crippen LogP contribution in [0.1, 0.15) is 27.3 Å². The van der Waals surface area contributed by atoms with E-state index in [1.54, 1.807) is 18.2 Å². The van der Waals surface area contributed by atoms with Crippen molar-refractivity contribution >= 4 is 40.9 Å². The molecule has 3 amide bonds. The minimum atomic E-state index is -1.00. The van der Waals surface area contributed by atoms with Gasteiger partial charge in [-0.2, -0.15) is 0 Å². The third kappa shape index (κ3) is 3.56. The Morgan fingerprint density at radius 2 is 1.82 bits per heavy atom. The number of primary amides is 1. The molecule has 1 aliphatic rings. The third-order valence-electron chi connectivity index (χ3n) is 4.32. The van der Waals surface area contributed by atoms with Gasteiger partial charge in [-0.25, -0.2) is 4.79 Å². The number of aromatic carboxylic acids is 1. The molecular weight excluding hydrogens is 382 g/mol. The highest BCUT2D eigenvalue weighted by atomic mass is 32.2. The average molecular weight is 399 g/mol. The molecule has 0 aliphatic carbocycles. The van der Waals surface area contributed by atoms with Crippen LogP contribution in [-0.2, 0) is 9.59 Å². The van der Waals surface area contributed by atoms with Crippen LogP contribution >= 0.6 is 11.8 Å². The first-order chi connectivity index (χ1) is 13.2. The van der Waals surface area contributed by atoms with E-state index in [4.69, 9.17) is 10.8 Å². The SMILES string of the molecule is Cc1cc(/C=C2\SC(=O)N(CC(N)=O)C2=O)c(C)n1-c1ccc(C(=O)O)cc1. The first-order valence-electron chi connectivity index (χ1n) is 8.25. The van der Waals surface area contributed by atoms with Crippen molar-refractivity contribution in [3.8, 4) is 5.69 Å². The van der Waals surface area contributed by atoms with Gasteiger partial charge < -0.3 is 15.4 Å². The van der Waals surface area contributed by atoms with Gasteiger partial charge >= 0.3 is 5.97 Å². The number of nitrogens with two attached hydrogens (primary N) is 1. The number of benzene rings is 1. The number of rotatable bonds is 5. The van der Waals surface area contributed by atoms with Crippen molar-refractivity contribution in [2.24, 2.45) is 5.73 Å². The predicted molar refractivity (Wildman–Crippen MR) is 104 cm³/mol. The number of carbonyl (C=O) groups is 4. The molecule has 1 saturated heterocycles.